The molecule has 2 aliphatic heterocycles. The Bertz CT molecular complexity index is 622. The molecule has 7 nitrogen and oxygen atoms in total. The van der Waals surface area contributed by atoms with Crippen molar-refractivity contribution in [3.05, 3.63) is 12.2 Å². The van der Waals surface area contributed by atoms with E-state index in [0.717, 1.165) is 70.8 Å². The van der Waals surface area contributed by atoms with Crippen LogP contribution in [0.5, 0.6) is 0 Å². The molecule has 0 bridgehead atoms. The zero-order valence-electron chi connectivity index (χ0n) is 20.4. The van der Waals surface area contributed by atoms with Crippen LogP contribution in [-0.4, -0.2) is 56.4 Å². The minimum absolute atomic E-state index is 0.0729. The van der Waals surface area contributed by atoms with Gasteiger partial charge >= 0.3 is 5.97 Å². The number of rotatable bonds is 12. The van der Waals surface area contributed by atoms with E-state index in [-0.39, 0.29) is 49.1 Å². The summed E-state index contributed by atoms with van der Waals surface area (Å²) in [7, 11) is 0. The molecular weight excluding hydrogens is 424 g/mol. The topological polar surface area (TPSA) is 80.3 Å². The summed E-state index contributed by atoms with van der Waals surface area (Å²) in [4.78, 5) is 24.2. The van der Waals surface area contributed by atoms with E-state index in [2.05, 4.69) is 19.1 Å². The van der Waals surface area contributed by atoms with Gasteiger partial charge in [0, 0.05) is 32.5 Å². The van der Waals surface area contributed by atoms with Crippen LogP contribution in [-0.2, 0) is 33.3 Å². The Morgan fingerprint density at radius 1 is 1.09 bits per heavy atom. The van der Waals surface area contributed by atoms with Gasteiger partial charge in [0.1, 0.15) is 12.4 Å². The predicted octanol–water partition coefficient (Wildman–Crippen LogP) is 4.71. The van der Waals surface area contributed by atoms with Gasteiger partial charge in [0.05, 0.1) is 18.1 Å². The van der Waals surface area contributed by atoms with Crippen LogP contribution in [0.1, 0.15) is 84.5 Å². The molecule has 1 aliphatic carbocycles. The molecule has 3 rings (SSSR count). The van der Waals surface area contributed by atoms with E-state index in [1.807, 2.05) is 0 Å². The Morgan fingerprint density at radius 2 is 1.82 bits per heavy atom. The van der Waals surface area contributed by atoms with Gasteiger partial charge in [-0.1, -0.05) is 38.3 Å². The largest absolute Gasteiger partial charge is 0.465 e. The van der Waals surface area contributed by atoms with Gasteiger partial charge in [-0.15, -0.1) is 0 Å². The number of ether oxygens (including phenoxy) is 5. The van der Waals surface area contributed by atoms with E-state index in [9.17, 15) is 9.59 Å². The summed E-state index contributed by atoms with van der Waals surface area (Å²) in [6.07, 6.45) is 14.0. The molecule has 3 fully saturated rings. The molecule has 188 valence electrons. The molecule has 33 heavy (non-hydrogen) atoms. The highest BCUT2D eigenvalue weighted by Crippen LogP contribution is 2.35. The molecule has 1 saturated carbocycles. The fourth-order valence-corrected chi connectivity index (χ4v) is 4.85. The van der Waals surface area contributed by atoms with Crippen LogP contribution in [0.2, 0.25) is 0 Å². The molecule has 0 aromatic carbocycles. The highest BCUT2D eigenvalue weighted by molar-refractivity contribution is 5.85. The summed E-state index contributed by atoms with van der Waals surface area (Å²) in [6, 6.07) is 0. The number of esters is 1. The van der Waals surface area contributed by atoms with E-state index in [1.165, 1.54) is 6.92 Å². The van der Waals surface area contributed by atoms with Crippen LogP contribution >= 0.6 is 0 Å². The van der Waals surface area contributed by atoms with Crippen molar-refractivity contribution in [2.45, 2.75) is 109 Å². The molecule has 0 spiro atoms. The van der Waals surface area contributed by atoms with Crippen molar-refractivity contribution in [2.24, 2.45) is 11.8 Å². The Balaban J connectivity index is 1.69. The predicted molar refractivity (Wildman–Crippen MR) is 123 cm³/mol. The van der Waals surface area contributed by atoms with E-state index in [1.54, 1.807) is 0 Å². The maximum atomic E-state index is 12.8. The summed E-state index contributed by atoms with van der Waals surface area (Å²) < 4.78 is 29.4. The minimum Gasteiger partial charge on any atom is -0.465 e. The smallest absolute Gasteiger partial charge is 0.302 e. The molecule has 0 radical (unpaired) electrons. The summed E-state index contributed by atoms with van der Waals surface area (Å²) in [5.41, 5.74) is 0. The van der Waals surface area contributed by atoms with Crippen LogP contribution in [0.15, 0.2) is 12.2 Å². The van der Waals surface area contributed by atoms with Gasteiger partial charge in [-0.3, -0.25) is 9.59 Å². The molecule has 7 heteroatoms. The summed E-state index contributed by atoms with van der Waals surface area (Å²) in [6.45, 7) is 5.08. The van der Waals surface area contributed by atoms with E-state index in [0.29, 0.717) is 13.0 Å². The molecule has 6 atom stereocenters. The van der Waals surface area contributed by atoms with Crippen molar-refractivity contribution in [3.63, 3.8) is 0 Å². The molecule has 2 unspecified atom stereocenters. The fourth-order valence-electron chi connectivity index (χ4n) is 4.85. The van der Waals surface area contributed by atoms with Crippen molar-refractivity contribution in [3.8, 4) is 0 Å². The number of Topliss-reactive ketones (excluding diaryl/α,β-unsaturated/α-hetero) is 1. The molecule has 3 aliphatic rings. The second-order valence-electron chi connectivity index (χ2n) is 9.48. The van der Waals surface area contributed by atoms with Gasteiger partial charge in [-0.25, -0.2) is 0 Å². The number of unbranched alkanes of at least 4 members (excludes halogenated alkanes) is 2. The normalized spacial score (nSPS) is 31.7. The number of hydrogen-bond donors (Lipinski definition) is 0. The van der Waals surface area contributed by atoms with Crippen molar-refractivity contribution < 1.29 is 33.3 Å². The Labute approximate surface area is 198 Å². The second-order valence-corrected chi connectivity index (χ2v) is 9.48. The number of carbonyl (C=O) groups excluding carboxylic acids is 2. The van der Waals surface area contributed by atoms with Gasteiger partial charge in [-0.2, -0.15) is 0 Å². The second kappa shape index (κ2) is 14.2. The molecular formula is C26H42O7. The van der Waals surface area contributed by atoms with Gasteiger partial charge in [0.15, 0.2) is 12.6 Å². The zero-order chi connectivity index (χ0) is 23.5. The quantitative estimate of drug-likeness (QED) is 0.234. The van der Waals surface area contributed by atoms with E-state index < -0.39 is 5.92 Å². The van der Waals surface area contributed by atoms with Crippen molar-refractivity contribution >= 4 is 11.8 Å². The first-order valence-electron chi connectivity index (χ1n) is 12.9. The van der Waals surface area contributed by atoms with E-state index >= 15 is 0 Å². The standard InChI is InChI=1S/C26H42O7/c1-3-4-5-10-20(32-25-11-6-8-15-29-25)13-14-21-22(18-31-19(2)27)23(28)17-24(21)33-26-12-7-9-16-30-26/h13-14,20-22,24-26H,3-12,15-18H2,1-2H3/t20-,21-,22-,24-,25?,26?/m0/s1. The average Bonchev–Trinajstić information content (AvgIpc) is 3.11. The third kappa shape index (κ3) is 8.78. The highest BCUT2D eigenvalue weighted by Gasteiger charge is 2.43. The lowest BCUT2D eigenvalue weighted by molar-refractivity contribution is -0.193. The van der Waals surface area contributed by atoms with Gasteiger partial charge in [0.2, 0.25) is 0 Å². The van der Waals surface area contributed by atoms with Gasteiger partial charge < -0.3 is 23.7 Å². The first-order valence-corrected chi connectivity index (χ1v) is 12.9. The molecule has 0 amide bonds. The SMILES string of the molecule is CCCCC[C@@H](C=C[C@@H]1[C@@H](OC2CCCCO2)CC(=O)[C@H]1COC(C)=O)OC1CCCCO1. The lowest BCUT2D eigenvalue weighted by Crippen LogP contribution is -2.32. The summed E-state index contributed by atoms with van der Waals surface area (Å²) in [5, 5.41) is 0. The lowest BCUT2D eigenvalue weighted by Gasteiger charge is -2.29. The maximum absolute atomic E-state index is 12.8. The minimum atomic E-state index is -0.402. The van der Waals surface area contributed by atoms with Crippen molar-refractivity contribution in [1.29, 1.82) is 0 Å². The lowest BCUT2D eigenvalue weighted by atomic mass is 9.93. The molecule has 2 heterocycles. The Kier molecular flexibility index (Phi) is 11.3. The first-order chi connectivity index (χ1) is 16.1. The summed E-state index contributed by atoms with van der Waals surface area (Å²) in [5.74, 6) is -0.876. The molecule has 0 aromatic heterocycles. The Morgan fingerprint density at radius 3 is 2.45 bits per heavy atom. The van der Waals surface area contributed by atoms with Gasteiger partial charge in [-0.05, 0) is 44.9 Å². The van der Waals surface area contributed by atoms with E-state index in [4.69, 9.17) is 23.7 Å². The maximum Gasteiger partial charge on any atom is 0.302 e. The average molecular weight is 467 g/mol. The number of hydrogen-bond acceptors (Lipinski definition) is 7. The van der Waals surface area contributed by atoms with Crippen LogP contribution in [0.4, 0.5) is 0 Å². The molecule has 0 N–H and O–H groups in total. The monoisotopic (exact) mass is 466 g/mol. The Hall–Kier alpha value is -1.28. The van der Waals surface area contributed by atoms with Crippen molar-refractivity contribution in [2.75, 3.05) is 19.8 Å². The third-order valence-electron chi connectivity index (χ3n) is 6.75. The zero-order valence-corrected chi connectivity index (χ0v) is 20.4. The first kappa shape index (κ1) is 26.3. The summed E-state index contributed by atoms with van der Waals surface area (Å²) >= 11 is 0. The van der Waals surface area contributed by atoms with Crippen LogP contribution in [0.25, 0.3) is 0 Å². The van der Waals surface area contributed by atoms with Crippen LogP contribution < -0.4 is 0 Å². The molecule has 2 saturated heterocycles. The fraction of sp³-hybridized carbons (Fsp3) is 0.846. The highest BCUT2D eigenvalue weighted by atomic mass is 16.7. The van der Waals surface area contributed by atoms with Crippen molar-refractivity contribution in [1.82, 2.24) is 0 Å². The number of ketones is 1. The van der Waals surface area contributed by atoms with Crippen LogP contribution in [0.3, 0.4) is 0 Å². The van der Waals surface area contributed by atoms with Gasteiger partial charge in [0.25, 0.3) is 0 Å². The molecule has 0 aromatic rings. The van der Waals surface area contributed by atoms with Crippen LogP contribution in [0, 0.1) is 11.8 Å². The number of carbonyl (C=O) groups is 2. The third-order valence-corrected chi connectivity index (χ3v) is 6.75.